The number of rotatable bonds is 4. The average molecular weight is 519 g/mol. The van der Waals surface area contributed by atoms with Crippen molar-refractivity contribution in [1.82, 2.24) is 10.1 Å². The minimum absolute atomic E-state index is 0.138. The fraction of sp³-hybridized carbons (Fsp3) is 0.250. The summed E-state index contributed by atoms with van der Waals surface area (Å²) in [5.74, 6) is -3.99. The van der Waals surface area contributed by atoms with Gasteiger partial charge >= 0.3 is 6.18 Å². The smallest absolute Gasteiger partial charge is 0.334 e. The number of hydrogen-bond donors (Lipinski definition) is 1. The number of benzene rings is 2. The van der Waals surface area contributed by atoms with Crippen LogP contribution in [0.2, 0.25) is 5.02 Å². The molecule has 0 spiro atoms. The highest BCUT2D eigenvalue weighted by Gasteiger charge is 2.38. The molecule has 34 heavy (non-hydrogen) atoms. The summed E-state index contributed by atoms with van der Waals surface area (Å²) in [6.07, 6.45) is -6.13. The second-order valence-corrected chi connectivity index (χ2v) is 9.99. The van der Waals surface area contributed by atoms with Crippen molar-refractivity contribution in [2.45, 2.75) is 30.1 Å². The summed E-state index contributed by atoms with van der Waals surface area (Å²) in [6.45, 7) is -0.138. The van der Waals surface area contributed by atoms with Crippen LogP contribution in [0, 0.1) is 5.82 Å². The number of halogens is 5. The number of amides is 1. The summed E-state index contributed by atoms with van der Waals surface area (Å²) in [5.41, 5.74) is 5.68. The van der Waals surface area contributed by atoms with Crippen molar-refractivity contribution >= 4 is 33.0 Å². The molecule has 1 atom stereocenters. The maximum Gasteiger partial charge on any atom is 0.396 e. The van der Waals surface area contributed by atoms with Gasteiger partial charge in [-0.15, -0.1) is 0 Å². The number of carbonyl (C=O) groups excluding carboxylic acids is 1. The van der Waals surface area contributed by atoms with Crippen LogP contribution in [0.1, 0.15) is 11.4 Å². The lowest BCUT2D eigenvalue weighted by molar-refractivity contribution is -0.128. The van der Waals surface area contributed by atoms with Crippen LogP contribution in [0.15, 0.2) is 45.8 Å². The predicted octanol–water partition coefficient (Wildman–Crippen LogP) is 3.28. The van der Waals surface area contributed by atoms with E-state index in [9.17, 15) is 30.8 Å². The maximum absolute atomic E-state index is 14.9. The molecule has 0 radical (unpaired) electrons. The Morgan fingerprint density at radius 1 is 1.21 bits per heavy atom. The molecule has 0 fully saturated rings. The first-order valence-electron chi connectivity index (χ1n) is 9.61. The fourth-order valence-corrected chi connectivity index (χ4v) is 5.13. The van der Waals surface area contributed by atoms with Crippen molar-refractivity contribution in [2.75, 3.05) is 10.7 Å². The summed E-state index contributed by atoms with van der Waals surface area (Å²) in [6, 6.07) is 6.53. The number of fused-ring (bicyclic) bond motifs is 1. The normalized spacial score (nSPS) is 18.0. The second-order valence-electron chi connectivity index (χ2n) is 7.55. The molecule has 2 aromatic carbocycles. The summed E-state index contributed by atoms with van der Waals surface area (Å²) >= 11 is 5.88. The molecule has 1 aliphatic rings. The number of nitrogens with zero attached hydrogens (tertiary/aromatic N) is 3. The van der Waals surface area contributed by atoms with Crippen molar-refractivity contribution < 1.29 is 35.3 Å². The van der Waals surface area contributed by atoms with Crippen molar-refractivity contribution in [3.05, 3.63) is 58.6 Å². The molecular weight excluding hydrogens is 504 g/mol. The third kappa shape index (κ3) is 4.91. The topological polar surface area (TPSA) is 119 Å². The zero-order valence-corrected chi connectivity index (χ0v) is 18.6. The lowest BCUT2D eigenvalue weighted by atomic mass is 10.1. The van der Waals surface area contributed by atoms with Gasteiger partial charge in [0, 0.05) is 5.02 Å². The molecule has 0 bridgehead atoms. The van der Waals surface area contributed by atoms with Gasteiger partial charge in [0.1, 0.15) is 12.2 Å². The van der Waals surface area contributed by atoms with Gasteiger partial charge in [0.05, 0.1) is 34.5 Å². The highest BCUT2D eigenvalue weighted by atomic mass is 35.5. The van der Waals surface area contributed by atoms with Gasteiger partial charge in [0.15, 0.2) is 15.7 Å². The van der Waals surface area contributed by atoms with E-state index in [0.717, 1.165) is 11.0 Å². The van der Waals surface area contributed by atoms with Gasteiger partial charge in [0.25, 0.3) is 5.89 Å². The Morgan fingerprint density at radius 3 is 2.53 bits per heavy atom. The van der Waals surface area contributed by atoms with Gasteiger partial charge in [-0.25, -0.2) is 12.8 Å². The number of hydrogen-bond acceptors (Lipinski definition) is 7. The Kier molecular flexibility index (Phi) is 6.12. The monoisotopic (exact) mass is 518 g/mol. The van der Waals surface area contributed by atoms with Crippen LogP contribution < -0.4 is 10.6 Å². The summed E-state index contributed by atoms with van der Waals surface area (Å²) in [4.78, 5) is 17.1. The van der Waals surface area contributed by atoms with Gasteiger partial charge in [0.2, 0.25) is 5.91 Å². The van der Waals surface area contributed by atoms with E-state index in [4.69, 9.17) is 21.9 Å². The van der Waals surface area contributed by atoms with Crippen molar-refractivity contribution in [1.29, 1.82) is 0 Å². The van der Waals surface area contributed by atoms with E-state index in [-0.39, 0.29) is 12.2 Å². The van der Waals surface area contributed by atoms with Crippen LogP contribution >= 0.6 is 11.6 Å². The van der Waals surface area contributed by atoms with Crippen molar-refractivity contribution in [3.63, 3.8) is 0 Å². The third-order valence-electron chi connectivity index (χ3n) is 4.97. The minimum atomic E-state index is -4.63. The van der Waals surface area contributed by atoms with Crippen molar-refractivity contribution in [2.24, 2.45) is 5.73 Å². The van der Waals surface area contributed by atoms with Crippen LogP contribution in [0.3, 0.4) is 0 Å². The summed E-state index contributed by atoms with van der Waals surface area (Å²) in [7, 11) is -4.20. The number of aromatic nitrogens is 2. The predicted molar refractivity (Wildman–Crippen MR) is 112 cm³/mol. The molecule has 1 amide bonds. The highest BCUT2D eigenvalue weighted by molar-refractivity contribution is 7.91. The Morgan fingerprint density at radius 2 is 1.88 bits per heavy atom. The van der Waals surface area contributed by atoms with Crippen LogP contribution in [0.5, 0.6) is 0 Å². The second kappa shape index (κ2) is 8.64. The summed E-state index contributed by atoms with van der Waals surface area (Å²) in [5, 5.41) is 3.63. The first kappa shape index (κ1) is 24.1. The Balaban J connectivity index is 1.85. The maximum atomic E-state index is 14.9. The van der Waals surface area contributed by atoms with E-state index in [1.165, 1.54) is 0 Å². The number of nitrogens with two attached hydrogens (primary N) is 1. The van der Waals surface area contributed by atoms with Gasteiger partial charge < -0.3 is 15.2 Å². The molecule has 1 aromatic heterocycles. The lowest BCUT2D eigenvalue weighted by Gasteiger charge is -2.24. The SMILES string of the molecule is N[C@H]1CS(=O)(=O)c2cc(F)c(-c3nc(CC(F)(F)F)no3)cc2N(Cc2ccc(Cl)cc2)C1=O. The first-order chi connectivity index (χ1) is 15.8. The Bertz CT molecular complexity index is 1360. The standard InChI is InChI=1S/C20H15ClF4N4O4S/c21-11-3-1-10(2-4-11)8-29-15-5-12(18-27-17(28-33-18)7-20(23,24)25)13(22)6-16(15)34(31,32)9-14(26)19(29)30/h1-6,14H,7-9,26H2/t14-/m0/s1. The molecule has 14 heteroatoms. The first-order valence-corrected chi connectivity index (χ1v) is 11.6. The summed E-state index contributed by atoms with van der Waals surface area (Å²) < 4.78 is 83.2. The molecule has 0 saturated heterocycles. The van der Waals surface area contributed by atoms with Gasteiger partial charge in [-0.05, 0) is 29.8 Å². The van der Waals surface area contributed by atoms with Crippen molar-refractivity contribution in [3.8, 4) is 11.5 Å². The van der Waals surface area contributed by atoms with E-state index in [1.54, 1.807) is 24.3 Å². The molecule has 1 aliphatic heterocycles. The number of sulfone groups is 1. The number of carbonyl (C=O) groups is 1. The molecule has 180 valence electrons. The molecule has 0 saturated carbocycles. The van der Waals surface area contributed by atoms with Gasteiger partial charge in [-0.1, -0.05) is 28.9 Å². The van der Waals surface area contributed by atoms with E-state index < -0.39 is 68.1 Å². The Hall–Kier alpha value is -3.03. The molecule has 0 unspecified atom stereocenters. The van der Waals surface area contributed by atoms with E-state index >= 15 is 0 Å². The third-order valence-corrected chi connectivity index (χ3v) is 7.01. The zero-order chi connectivity index (χ0) is 24.8. The molecule has 4 rings (SSSR count). The molecule has 0 aliphatic carbocycles. The quantitative estimate of drug-likeness (QED) is 0.526. The van der Waals surface area contributed by atoms with E-state index in [0.29, 0.717) is 16.7 Å². The van der Waals surface area contributed by atoms with Crippen LogP contribution in [-0.4, -0.2) is 42.4 Å². The molecule has 2 heterocycles. The zero-order valence-electron chi connectivity index (χ0n) is 17.0. The molecule has 8 nitrogen and oxygen atoms in total. The Labute approximate surface area is 195 Å². The molecular formula is C20H15ClF4N4O4S. The van der Waals surface area contributed by atoms with Crippen LogP contribution in [0.4, 0.5) is 23.2 Å². The largest absolute Gasteiger partial charge is 0.396 e. The lowest BCUT2D eigenvalue weighted by Crippen LogP contribution is -2.45. The van der Waals surface area contributed by atoms with Crippen LogP contribution in [0.25, 0.3) is 11.5 Å². The number of anilines is 1. The fourth-order valence-electron chi connectivity index (χ4n) is 3.43. The van der Waals surface area contributed by atoms with Gasteiger partial charge in [-0.2, -0.15) is 18.2 Å². The van der Waals surface area contributed by atoms with Gasteiger partial charge in [-0.3, -0.25) is 4.79 Å². The van der Waals surface area contributed by atoms with E-state index in [2.05, 4.69) is 10.1 Å². The van der Waals surface area contributed by atoms with Crippen LogP contribution in [-0.2, 0) is 27.6 Å². The van der Waals surface area contributed by atoms with E-state index in [1.807, 2.05) is 0 Å². The molecule has 3 aromatic rings. The highest BCUT2D eigenvalue weighted by Crippen LogP contribution is 2.37. The average Bonchev–Trinajstić information content (AvgIpc) is 3.16. The minimum Gasteiger partial charge on any atom is -0.334 e. The molecule has 2 N–H and O–H groups in total. The number of alkyl halides is 3.